The molecular formula is C20H22N2O5S. The van der Waals surface area contributed by atoms with Gasteiger partial charge in [-0.1, -0.05) is 24.3 Å². The minimum Gasteiger partial charge on any atom is -0.452 e. The van der Waals surface area contributed by atoms with Crippen LogP contribution in [0.25, 0.3) is 0 Å². The largest absolute Gasteiger partial charge is 0.452 e. The van der Waals surface area contributed by atoms with Crippen molar-refractivity contribution in [1.29, 1.82) is 0 Å². The van der Waals surface area contributed by atoms with Crippen LogP contribution in [0.1, 0.15) is 22.8 Å². The van der Waals surface area contributed by atoms with Gasteiger partial charge in [-0.3, -0.25) is 4.79 Å². The fourth-order valence-corrected chi connectivity index (χ4v) is 4.17. The van der Waals surface area contributed by atoms with Crippen molar-refractivity contribution in [1.82, 2.24) is 4.31 Å². The van der Waals surface area contributed by atoms with Crippen LogP contribution in [-0.2, 0) is 26.0 Å². The van der Waals surface area contributed by atoms with Gasteiger partial charge >= 0.3 is 5.97 Å². The first kappa shape index (κ1) is 20.0. The Kier molecular flexibility index (Phi) is 5.53. The molecule has 2 aromatic carbocycles. The maximum Gasteiger partial charge on any atom is 0.338 e. The lowest BCUT2D eigenvalue weighted by Gasteiger charge is -2.22. The van der Waals surface area contributed by atoms with Crippen LogP contribution in [0, 0.1) is 0 Å². The number of carbonyl (C=O) groups excluding carboxylic acids is 2. The number of carbonyl (C=O) groups is 2. The molecule has 8 heteroatoms. The highest BCUT2D eigenvalue weighted by atomic mass is 32.2. The molecule has 0 aliphatic carbocycles. The van der Waals surface area contributed by atoms with E-state index >= 15 is 0 Å². The van der Waals surface area contributed by atoms with Gasteiger partial charge < -0.3 is 9.64 Å². The minimum atomic E-state index is -3.67. The Balaban J connectivity index is 1.71. The van der Waals surface area contributed by atoms with Gasteiger partial charge in [0.25, 0.3) is 5.91 Å². The number of anilines is 1. The Morgan fingerprint density at radius 3 is 2.57 bits per heavy atom. The number of hydrogen-bond acceptors (Lipinski definition) is 5. The second kappa shape index (κ2) is 7.73. The molecule has 0 fully saturated rings. The van der Waals surface area contributed by atoms with Crippen LogP contribution >= 0.6 is 0 Å². The molecule has 3 rings (SSSR count). The predicted molar refractivity (Wildman–Crippen MR) is 105 cm³/mol. The van der Waals surface area contributed by atoms with Gasteiger partial charge in [-0.05, 0) is 43.2 Å². The van der Waals surface area contributed by atoms with Gasteiger partial charge in [0.15, 0.2) is 6.61 Å². The van der Waals surface area contributed by atoms with E-state index in [2.05, 4.69) is 0 Å². The molecule has 7 nitrogen and oxygen atoms in total. The summed E-state index contributed by atoms with van der Waals surface area (Å²) < 4.78 is 30.6. The molecule has 28 heavy (non-hydrogen) atoms. The third-order valence-corrected chi connectivity index (χ3v) is 6.46. The molecule has 1 aliphatic rings. The Morgan fingerprint density at radius 1 is 1.14 bits per heavy atom. The lowest BCUT2D eigenvalue weighted by atomic mass is 10.1. The van der Waals surface area contributed by atoms with E-state index in [1.54, 1.807) is 4.90 Å². The van der Waals surface area contributed by atoms with Crippen molar-refractivity contribution in [3.05, 3.63) is 59.7 Å². The van der Waals surface area contributed by atoms with Gasteiger partial charge in [-0.2, -0.15) is 0 Å². The molecule has 1 atom stereocenters. The average molecular weight is 402 g/mol. The summed E-state index contributed by atoms with van der Waals surface area (Å²) in [5.41, 5.74) is 1.98. The van der Waals surface area contributed by atoms with E-state index in [0.717, 1.165) is 22.0 Å². The second-order valence-electron chi connectivity index (χ2n) is 6.84. The first-order chi connectivity index (χ1) is 13.2. The topological polar surface area (TPSA) is 84.0 Å². The molecule has 0 spiro atoms. The van der Waals surface area contributed by atoms with Crippen LogP contribution < -0.4 is 4.90 Å². The van der Waals surface area contributed by atoms with Crippen LogP contribution in [0.5, 0.6) is 0 Å². The second-order valence-corrected chi connectivity index (χ2v) is 8.99. The number of para-hydroxylation sites is 1. The highest BCUT2D eigenvalue weighted by Crippen LogP contribution is 2.31. The van der Waals surface area contributed by atoms with E-state index in [0.29, 0.717) is 0 Å². The van der Waals surface area contributed by atoms with Crippen LogP contribution in [0.2, 0.25) is 0 Å². The lowest BCUT2D eigenvalue weighted by molar-refractivity contribution is -0.122. The molecule has 0 N–H and O–H groups in total. The summed E-state index contributed by atoms with van der Waals surface area (Å²) in [6.07, 6.45) is 0.750. The van der Waals surface area contributed by atoms with E-state index in [1.165, 1.54) is 38.4 Å². The molecule has 0 aromatic heterocycles. The van der Waals surface area contributed by atoms with E-state index in [4.69, 9.17) is 4.74 Å². The first-order valence-electron chi connectivity index (χ1n) is 8.81. The van der Waals surface area contributed by atoms with Crippen molar-refractivity contribution in [3.8, 4) is 0 Å². The van der Waals surface area contributed by atoms with Crippen LogP contribution in [-0.4, -0.2) is 51.3 Å². The van der Waals surface area contributed by atoms with Crippen LogP contribution in [0.3, 0.4) is 0 Å². The standard InChI is InChI=1S/C20H22N2O5S/c1-14-11-15-7-4-5-10-18(15)22(14)19(23)13-27-20(24)16-8-6-9-17(12-16)28(25,26)21(2)3/h4-10,12,14H,11,13H2,1-3H3/t14-/m1/s1. The Labute approximate surface area is 164 Å². The quantitative estimate of drug-likeness (QED) is 0.715. The van der Waals surface area contributed by atoms with E-state index in [9.17, 15) is 18.0 Å². The molecule has 1 amide bonds. The van der Waals surface area contributed by atoms with Crippen molar-refractivity contribution >= 4 is 27.6 Å². The molecule has 0 saturated heterocycles. The Morgan fingerprint density at radius 2 is 1.86 bits per heavy atom. The van der Waals surface area contributed by atoms with Crippen molar-refractivity contribution in [3.63, 3.8) is 0 Å². The molecule has 1 aliphatic heterocycles. The normalized spacial score (nSPS) is 16.1. The predicted octanol–water partition coefficient (Wildman–Crippen LogP) is 2.07. The zero-order chi connectivity index (χ0) is 20.5. The lowest BCUT2D eigenvalue weighted by Crippen LogP contribution is -2.38. The highest BCUT2D eigenvalue weighted by molar-refractivity contribution is 7.89. The first-order valence-corrected chi connectivity index (χ1v) is 10.3. The summed E-state index contributed by atoms with van der Waals surface area (Å²) in [5, 5.41) is 0. The summed E-state index contributed by atoms with van der Waals surface area (Å²) in [5.74, 6) is -1.06. The molecule has 0 unspecified atom stereocenters. The zero-order valence-electron chi connectivity index (χ0n) is 16.0. The monoisotopic (exact) mass is 402 g/mol. The minimum absolute atomic E-state index is 0.0135. The average Bonchev–Trinajstić information content (AvgIpc) is 3.01. The molecule has 1 heterocycles. The maximum atomic E-state index is 12.6. The van der Waals surface area contributed by atoms with Gasteiger partial charge in [-0.25, -0.2) is 17.5 Å². The van der Waals surface area contributed by atoms with Crippen LogP contribution in [0.15, 0.2) is 53.4 Å². The number of fused-ring (bicyclic) bond motifs is 1. The van der Waals surface area contributed by atoms with Crippen molar-refractivity contribution < 1.29 is 22.7 Å². The summed E-state index contributed by atoms with van der Waals surface area (Å²) >= 11 is 0. The number of hydrogen-bond donors (Lipinski definition) is 0. The third-order valence-electron chi connectivity index (χ3n) is 4.65. The van der Waals surface area contributed by atoms with E-state index in [-0.39, 0.29) is 22.4 Å². The molecule has 2 aromatic rings. The molecule has 0 radical (unpaired) electrons. The molecule has 0 saturated carbocycles. The third kappa shape index (κ3) is 3.79. The summed E-state index contributed by atoms with van der Waals surface area (Å²) in [7, 11) is -0.846. The van der Waals surface area contributed by atoms with Gasteiger partial charge in [0.2, 0.25) is 10.0 Å². The molecule has 148 valence electrons. The van der Waals surface area contributed by atoms with Crippen LogP contribution in [0.4, 0.5) is 5.69 Å². The number of amides is 1. The van der Waals surface area contributed by atoms with Gasteiger partial charge in [0, 0.05) is 25.8 Å². The SMILES string of the molecule is C[C@@H]1Cc2ccccc2N1C(=O)COC(=O)c1cccc(S(=O)(=O)N(C)C)c1. The van der Waals surface area contributed by atoms with Gasteiger partial charge in [-0.15, -0.1) is 0 Å². The molecule has 0 bridgehead atoms. The highest BCUT2D eigenvalue weighted by Gasteiger charge is 2.31. The van der Waals surface area contributed by atoms with Gasteiger partial charge in [0.05, 0.1) is 10.5 Å². The number of benzene rings is 2. The Bertz CT molecular complexity index is 1020. The van der Waals surface area contributed by atoms with Crippen molar-refractivity contribution in [2.24, 2.45) is 0 Å². The molecular weight excluding hydrogens is 380 g/mol. The summed E-state index contributed by atoms with van der Waals surface area (Å²) in [4.78, 5) is 26.6. The zero-order valence-corrected chi connectivity index (χ0v) is 16.8. The van der Waals surface area contributed by atoms with Crippen molar-refractivity contribution in [2.45, 2.75) is 24.3 Å². The fraction of sp³-hybridized carbons (Fsp3) is 0.300. The Hall–Kier alpha value is -2.71. The smallest absolute Gasteiger partial charge is 0.338 e. The van der Waals surface area contributed by atoms with E-state index in [1.807, 2.05) is 31.2 Å². The number of nitrogens with zero attached hydrogens (tertiary/aromatic N) is 2. The number of esters is 1. The fourth-order valence-electron chi connectivity index (χ4n) is 3.22. The van der Waals surface area contributed by atoms with Crippen molar-refractivity contribution in [2.75, 3.05) is 25.6 Å². The summed E-state index contributed by atoms with van der Waals surface area (Å²) in [6.45, 7) is 1.53. The van der Waals surface area contributed by atoms with Gasteiger partial charge in [0.1, 0.15) is 0 Å². The summed E-state index contributed by atoms with van der Waals surface area (Å²) in [6, 6.07) is 13.2. The van der Waals surface area contributed by atoms with E-state index < -0.39 is 22.6 Å². The maximum absolute atomic E-state index is 12.6. The number of ether oxygens (including phenoxy) is 1. The number of rotatable bonds is 5. The number of sulfonamides is 1.